The van der Waals surface area contributed by atoms with Crippen molar-refractivity contribution in [3.8, 4) is 6.07 Å². The summed E-state index contributed by atoms with van der Waals surface area (Å²) in [4.78, 5) is 28.0. The van der Waals surface area contributed by atoms with Crippen molar-refractivity contribution in [3.63, 3.8) is 0 Å². The van der Waals surface area contributed by atoms with Crippen molar-refractivity contribution in [1.29, 1.82) is 5.26 Å². The number of likely N-dealkylation sites (tertiary alicyclic amines) is 1. The molecule has 0 radical (unpaired) electrons. The van der Waals surface area contributed by atoms with E-state index < -0.39 is 12.5 Å². The molecule has 13 heteroatoms. The number of alkyl halides is 2. The van der Waals surface area contributed by atoms with Crippen molar-refractivity contribution in [2.24, 2.45) is 0 Å². The first-order valence-electron chi connectivity index (χ1n) is 11.0. The Kier molecular flexibility index (Phi) is 7.00. The molecule has 1 aliphatic rings. The van der Waals surface area contributed by atoms with Crippen LogP contribution in [0.4, 0.5) is 26.4 Å². The maximum absolute atomic E-state index is 13.7. The van der Waals surface area contributed by atoms with E-state index in [1.807, 2.05) is 6.07 Å². The van der Waals surface area contributed by atoms with Gasteiger partial charge in [-0.3, -0.25) is 14.3 Å². The van der Waals surface area contributed by atoms with E-state index in [2.05, 4.69) is 15.3 Å². The van der Waals surface area contributed by atoms with Crippen molar-refractivity contribution in [2.75, 3.05) is 36.4 Å². The Bertz CT molecular complexity index is 1350. The van der Waals surface area contributed by atoms with E-state index in [1.165, 1.54) is 0 Å². The van der Waals surface area contributed by atoms with E-state index in [0.717, 1.165) is 0 Å². The topological polar surface area (TPSA) is 152 Å². The van der Waals surface area contributed by atoms with Gasteiger partial charge in [-0.2, -0.15) is 15.2 Å². The summed E-state index contributed by atoms with van der Waals surface area (Å²) in [5.41, 5.74) is 11.6. The number of nitrogen functional groups attached to an aromatic ring is 2. The Balaban J connectivity index is 1.78. The zero-order valence-corrected chi connectivity index (χ0v) is 19.6. The molecule has 10 nitrogen and oxygen atoms in total. The fourth-order valence-electron chi connectivity index (χ4n) is 4.41. The molecule has 0 bridgehead atoms. The molecule has 0 amide bonds. The Morgan fingerprint density at radius 3 is 2.63 bits per heavy atom. The first-order valence-corrected chi connectivity index (χ1v) is 11.4. The van der Waals surface area contributed by atoms with E-state index in [9.17, 15) is 18.8 Å². The molecule has 5 N–H and O–H groups in total. The normalized spacial score (nSPS) is 15.9. The lowest BCUT2D eigenvalue weighted by atomic mass is 10.0. The number of nitriles is 1. The van der Waals surface area contributed by atoms with Gasteiger partial charge in [0.1, 0.15) is 23.3 Å². The SMILES string of the molecule is CC(Nc1nc(N)nc(N)c1C#N)c1nc2cccc(Cl)c2c(=O)n1C1CCN(CC(F)F)CC1. The number of benzene rings is 1. The number of aromatic nitrogens is 4. The Labute approximate surface area is 204 Å². The maximum atomic E-state index is 13.7. The van der Waals surface area contributed by atoms with E-state index in [0.29, 0.717) is 37.3 Å². The number of piperidine rings is 1. The molecule has 1 aliphatic heterocycles. The number of anilines is 3. The van der Waals surface area contributed by atoms with E-state index >= 15 is 0 Å². The summed E-state index contributed by atoms with van der Waals surface area (Å²) in [7, 11) is 0. The fourth-order valence-corrected chi connectivity index (χ4v) is 4.66. The summed E-state index contributed by atoms with van der Waals surface area (Å²) in [6.07, 6.45) is -1.45. The van der Waals surface area contributed by atoms with Crippen molar-refractivity contribution < 1.29 is 8.78 Å². The number of fused-ring (bicyclic) bond motifs is 1. The van der Waals surface area contributed by atoms with Crippen LogP contribution in [0.15, 0.2) is 23.0 Å². The first-order chi connectivity index (χ1) is 16.7. The number of halogens is 3. The summed E-state index contributed by atoms with van der Waals surface area (Å²) >= 11 is 6.35. The van der Waals surface area contributed by atoms with Crippen LogP contribution in [0.5, 0.6) is 0 Å². The standard InChI is InChI=1S/C22H24ClF2N9O/c1-11(29-19-13(9-26)18(27)31-22(28)32-19)20-30-15-4-2-3-14(23)17(15)21(35)34(20)12-5-7-33(8-6-12)10-16(24)25/h2-4,11-12,16H,5-8,10H2,1H3,(H5,27,28,29,31,32). The third kappa shape index (κ3) is 4.96. The maximum Gasteiger partial charge on any atom is 0.263 e. The van der Waals surface area contributed by atoms with Gasteiger partial charge in [0.05, 0.1) is 28.5 Å². The molecule has 1 aromatic carbocycles. The van der Waals surface area contributed by atoms with Gasteiger partial charge in [-0.1, -0.05) is 17.7 Å². The number of hydrogen-bond acceptors (Lipinski definition) is 9. The van der Waals surface area contributed by atoms with Gasteiger partial charge in [0.15, 0.2) is 5.82 Å². The highest BCUT2D eigenvalue weighted by atomic mass is 35.5. The van der Waals surface area contributed by atoms with Gasteiger partial charge in [-0.25, -0.2) is 13.8 Å². The molecule has 1 unspecified atom stereocenters. The van der Waals surface area contributed by atoms with Crippen LogP contribution in [0.1, 0.15) is 43.2 Å². The second-order valence-electron chi connectivity index (χ2n) is 8.37. The minimum absolute atomic E-state index is 0.0177. The zero-order chi connectivity index (χ0) is 25.3. The molecule has 0 saturated carbocycles. The number of hydrogen-bond donors (Lipinski definition) is 3. The average Bonchev–Trinajstić information content (AvgIpc) is 2.79. The molecule has 0 spiro atoms. The minimum atomic E-state index is -2.42. The average molecular weight is 504 g/mol. The van der Waals surface area contributed by atoms with Crippen molar-refractivity contribution >= 4 is 40.1 Å². The highest BCUT2D eigenvalue weighted by molar-refractivity contribution is 6.35. The molecule has 3 aromatic rings. The van der Waals surface area contributed by atoms with Crippen molar-refractivity contribution in [3.05, 3.63) is 45.0 Å². The molecule has 35 heavy (non-hydrogen) atoms. The van der Waals surface area contributed by atoms with Crippen molar-refractivity contribution in [1.82, 2.24) is 24.4 Å². The van der Waals surface area contributed by atoms with Crippen LogP contribution >= 0.6 is 11.6 Å². The second-order valence-corrected chi connectivity index (χ2v) is 8.78. The van der Waals surface area contributed by atoms with Crippen LogP contribution in [0, 0.1) is 11.3 Å². The second kappa shape index (κ2) is 9.97. The van der Waals surface area contributed by atoms with Gasteiger partial charge in [-0.15, -0.1) is 0 Å². The number of nitrogens with zero attached hydrogens (tertiary/aromatic N) is 6. The van der Waals surface area contributed by atoms with Crippen LogP contribution < -0.4 is 22.3 Å². The van der Waals surface area contributed by atoms with Gasteiger partial charge in [0, 0.05) is 19.1 Å². The monoisotopic (exact) mass is 503 g/mol. The summed E-state index contributed by atoms with van der Waals surface area (Å²) < 4.78 is 27.2. The highest BCUT2D eigenvalue weighted by Gasteiger charge is 2.28. The molecular formula is C22H24ClF2N9O. The minimum Gasteiger partial charge on any atom is -0.382 e. The van der Waals surface area contributed by atoms with Crippen LogP contribution in [0.3, 0.4) is 0 Å². The molecule has 1 saturated heterocycles. The molecule has 1 fully saturated rings. The number of nitrogens with one attached hydrogen (secondary N) is 1. The lowest BCUT2D eigenvalue weighted by molar-refractivity contribution is 0.0694. The molecular weight excluding hydrogens is 480 g/mol. The van der Waals surface area contributed by atoms with Gasteiger partial charge in [0.2, 0.25) is 5.95 Å². The molecule has 1 atom stereocenters. The quantitative estimate of drug-likeness (QED) is 0.460. The van der Waals surface area contributed by atoms with Gasteiger partial charge in [-0.05, 0) is 31.9 Å². The van der Waals surface area contributed by atoms with Crippen molar-refractivity contribution in [2.45, 2.75) is 38.3 Å². The Morgan fingerprint density at radius 2 is 1.97 bits per heavy atom. The first kappa shape index (κ1) is 24.6. The summed E-state index contributed by atoms with van der Waals surface area (Å²) in [6.45, 7) is 2.29. The van der Waals surface area contributed by atoms with E-state index in [-0.39, 0.29) is 51.7 Å². The summed E-state index contributed by atoms with van der Waals surface area (Å²) in [5.74, 6) is 0.315. The summed E-state index contributed by atoms with van der Waals surface area (Å²) in [5, 5.41) is 13.1. The Morgan fingerprint density at radius 1 is 1.26 bits per heavy atom. The third-order valence-electron chi connectivity index (χ3n) is 6.03. The molecule has 3 heterocycles. The van der Waals surface area contributed by atoms with E-state index in [1.54, 1.807) is 34.6 Å². The lowest BCUT2D eigenvalue weighted by Gasteiger charge is -2.34. The van der Waals surface area contributed by atoms with Crippen LogP contribution in [0.2, 0.25) is 5.02 Å². The van der Waals surface area contributed by atoms with Crippen LogP contribution in [-0.4, -0.2) is 50.5 Å². The number of rotatable bonds is 6. The lowest BCUT2D eigenvalue weighted by Crippen LogP contribution is -2.41. The predicted molar refractivity (Wildman–Crippen MR) is 129 cm³/mol. The van der Waals surface area contributed by atoms with Gasteiger partial charge in [0.25, 0.3) is 12.0 Å². The fraction of sp³-hybridized carbons (Fsp3) is 0.409. The molecule has 0 aliphatic carbocycles. The smallest absolute Gasteiger partial charge is 0.263 e. The number of nitrogens with two attached hydrogens (primary N) is 2. The van der Waals surface area contributed by atoms with Gasteiger partial charge < -0.3 is 16.8 Å². The van der Waals surface area contributed by atoms with E-state index in [4.69, 9.17) is 28.1 Å². The highest BCUT2D eigenvalue weighted by Crippen LogP contribution is 2.30. The predicted octanol–water partition coefficient (Wildman–Crippen LogP) is 2.95. The molecule has 2 aromatic heterocycles. The largest absolute Gasteiger partial charge is 0.382 e. The molecule has 184 valence electrons. The van der Waals surface area contributed by atoms with Gasteiger partial charge >= 0.3 is 0 Å². The molecule has 4 rings (SSSR count). The summed E-state index contributed by atoms with van der Waals surface area (Å²) in [6, 6.07) is 6.08. The zero-order valence-electron chi connectivity index (χ0n) is 18.9. The Hall–Kier alpha value is -3.56. The van der Waals surface area contributed by atoms with Crippen LogP contribution in [-0.2, 0) is 0 Å². The van der Waals surface area contributed by atoms with Crippen LogP contribution in [0.25, 0.3) is 10.9 Å². The third-order valence-corrected chi connectivity index (χ3v) is 6.35.